The summed E-state index contributed by atoms with van der Waals surface area (Å²) in [5, 5.41) is 3.36. The number of benzene rings is 1. The Labute approximate surface area is 127 Å². The standard InChI is InChI=1S/C18H23N3/c1-2-19-18-17(9-6-11-20-18)14-21-12-10-16(13-21)15-7-4-3-5-8-15/h3-9,11,16H,2,10,12-14H2,1H3,(H,19,20). The van der Waals surface area contributed by atoms with Crippen molar-refractivity contribution < 1.29 is 0 Å². The van der Waals surface area contributed by atoms with Crippen molar-refractivity contribution >= 4 is 5.82 Å². The molecule has 1 aliphatic rings. The highest BCUT2D eigenvalue weighted by Gasteiger charge is 2.24. The van der Waals surface area contributed by atoms with E-state index in [1.165, 1.54) is 24.1 Å². The van der Waals surface area contributed by atoms with Gasteiger partial charge >= 0.3 is 0 Å². The van der Waals surface area contributed by atoms with E-state index in [1.807, 2.05) is 12.3 Å². The summed E-state index contributed by atoms with van der Waals surface area (Å²) in [6.45, 7) is 6.32. The van der Waals surface area contributed by atoms with Crippen LogP contribution in [0.25, 0.3) is 0 Å². The lowest BCUT2D eigenvalue weighted by Crippen LogP contribution is -2.21. The van der Waals surface area contributed by atoms with Crippen molar-refractivity contribution in [2.45, 2.75) is 25.8 Å². The molecular weight excluding hydrogens is 258 g/mol. The minimum Gasteiger partial charge on any atom is -0.370 e. The fourth-order valence-electron chi connectivity index (χ4n) is 3.11. The van der Waals surface area contributed by atoms with Crippen LogP contribution in [0.1, 0.15) is 30.4 Å². The molecule has 1 unspecified atom stereocenters. The van der Waals surface area contributed by atoms with Crippen LogP contribution >= 0.6 is 0 Å². The van der Waals surface area contributed by atoms with E-state index in [0.717, 1.165) is 25.5 Å². The van der Waals surface area contributed by atoms with Gasteiger partial charge in [0.2, 0.25) is 0 Å². The van der Waals surface area contributed by atoms with Gasteiger partial charge in [-0.2, -0.15) is 0 Å². The first-order chi connectivity index (χ1) is 10.4. The molecule has 0 aliphatic carbocycles. The summed E-state index contributed by atoms with van der Waals surface area (Å²) in [5.41, 5.74) is 2.77. The summed E-state index contributed by atoms with van der Waals surface area (Å²) >= 11 is 0. The molecule has 1 fully saturated rings. The van der Waals surface area contributed by atoms with E-state index < -0.39 is 0 Å². The molecule has 2 aromatic rings. The van der Waals surface area contributed by atoms with Crippen LogP contribution in [-0.2, 0) is 6.54 Å². The second-order valence-corrected chi connectivity index (χ2v) is 5.67. The van der Waals surface area contributed by atoms with Crippen molar-refractivity contribution in [1.82, 2.24) is 9.88 Å². The highest BCUT2D eigenvalue weighted by molar-refractivity contribution is 5.43. The zero-order valence-corrected chi connectivity index (χ0v) is 12.6. The van der Waals surface area contributed by atoms with Crippen molar-refractivity contribution in [3.8, 4) is 0 Å². The van der Waals surface area contributed by atoms with Crippen LogP contribution in [0, 0.1) is 0 Å². The molecule has 2 heterocycles. The van der Waals surface area contributed by atoms with Crippen molar-refractivity contribution in [2.75, 3.05) is 25.0 Å². The number of rotatable bonds is 5. The highest BCUT2D eigenvalue weighted by Crippen LogP contribution is 2.28. The molecule has 21 heavy (non-hydrogen) atoms. The van der Waals surface area contributed by atoms with E-state index in [0.29, 0.717) is 5.92 Å². The summed E-state index contributed by atoms with van der Waals surface area (Å²) < 4.78 is 0. The fourth-order valence-corrected chi connectivity index (χ4v) is 3.11. The van der Waals surface area contributed by atoms with Gasteiger partial charge in [-0.1, -0.05) is 36.4 Å². The predicted octanol–water partition coefficient (Wildman–Crippen LogP) is 3.50. The molecule has 0 amide bonds. The topological polar surface area (TPSA) is 28.2 Å². The molecule has 3 heteroatoms. The number of hydrogen-bond donors (Lipinski definition) is 1. The number of hydrogen-bond acceptors (Lipinski definition) is 3. The van der Waals surface area contributed by atoms with E-state index in [1.54, 1.807) is 0 Å². The number of aromatic nitrogens is 1. The maximum absolute atomic E-state index is 4.45. The number of nitrogens with one attached hydrogen (secondary N) is 1. The number of anilines is 1. The van der Waals surface area contributed by atoms with E-state index in [9.17, 15) is 0 Å². The van der Waals surface area contributed by atoms with E-state index >= 15 is 0 Å². The Kier molecular flexibility index (Phi) is 4.51. The Morgan fingerprint density at radius 1 is 1.19 bits per heavy atom. The third-order valence-corrected chi connectivity index (χ3v) is 4.17. The summed E-state index contributed by atoms with van der Waals surface area (Å²) in [6.07, 6.45) is 3.11. The van der Waals surface area contributed by atoms with E-state index in [4.69, 9.17) is 0 Å². The van der Waals surface area contributed by atoms with Crippen LogP contribution in [0.2, 0.25) is 0 Å². The van der Waals surface area contributed by atoms with Gasteiger partial charge in [-0.15, -0.1) is 0 Å². The molecule has 1 atom stereocenters. The molecule has 0 saturated carbocycles. The number of pyridine rings is 1. The average Bonchev–Trinajstić information content (AvgIpc) is 2.99. The van der Waals surface area contributed by atoms with Crippen LogP contribution in [-0.4, -0.2) is 29.5 Å². The van der Waals surface area contributed by atoms with Gasteiger partial charge in [0, 0.05) is 31.4 Å². The fraction of sp³-hybridized carbons (Fsp3) is 0.389. The maximum atomic E-state index is 4.45. The van der Waals surface area contributed by atoms with E-state index in [2.05, 4.69) is 58.5 Å². The lowest BCUT2D eigenvalue weighted by atomic mass is 9.99. The second-order valence-electron chi connectivity index (χ2n) is 5.67. The molecule has 0 radical (unpaired) electrons. The predicted molar refractivity (Wildman–Crippen MR) is 87.5 cm³/mol. The van der Waals surface area contributed by atoms with Gasteiger partial charge in [-0.05, 0) is 37.4 Å². The van der Waals surface area contributed by atoms with Crippen LogP contribution in [0.15, 0.2) is 48.7 Å². The number of likely N-dealkylation sites (tertiary alicyclic amines) is 1. The molecule has 1 N–H and O–H groups in total. The Morgan fingerprint density at radius 3 is 2.86 bits per heavy atom. The molecule has 3 nitrogen and oxygen atoms in total. The zero-order chi connectivity index (χ0) is 14.5. The van der Waals surface area contributed by atoms with Crippen molar-refractivity contribution in [1.29, 1.82) is 0 Å². The molecule has 3 rings (SSSR count). The first-order valence-electron chi connectivity index (χ1n) is 7.82. The van der Waals surface area contributed by atoms with Crippen LogP contribution in [0.5, 0.6) is 0 Å². The minimum absolute atomic E-state index is 0.672. The smallest absolute Gasteiger partial charge is 0.130 e. The van der Waals surface area contributed by atoms with Gasteiger partial charge in [0.05, 0.1) is 0 Å². The lowest BCUT2D eigenvalue weighted by Gasteiger charge is -2.18. The van der Waals surface area contributed by atoms with Gasteiger partial charge in [-0.3, -0.25) is 4.90 Å². The number of nitrogens with zero attached hydrogens (tertiary/aromatic N) is 2. The second kappa shape index (κ2) is 6.72. The summed E-state index contributed by atoms with van der Waals surface area (Å²) in [4.78, 5) is 6.99. The molecule has 1 aliphatic heterocycles. The Hall–Kier alpha value is -1.87. The minimum atomic E-state index is 0.672. The first-order valence-corrected chi connectivity index (χ1v) is 7.82. The van der Waals surface area contributed by atoms with Gasteiger partial charge < -0.3 is 5.32 Å². The highest BCUT2D eigenvalue weighted by atomic mass is 15.1. The Morgan fingerprint density at radius 2 is 2.05 bits per heavy atom. The molecule has 1 saturated heterocycles. The largest absolute Gasteiger partial charge is 0.370 e. The Balaban J connectivity index is 1.65. The summed E-state index contributed by atoms with van der Waals surface area (Å²) in [6, 6.07) is 15.1. The molecule has 0 bridgehead atoms. The summed E-state index contributed by atoms with van der Waals surface area (Å²) in [7, 11) is 0. The Bertz CT molecular complexity index is 568. The van der Waals surface area contributed by atoms with Crippen molar-refractivity contribution in [3.05, 3.63) is 59.8 Å². The van der Waals surface area contributed by atoms with Crippen LogP contribution in [0.4, 0.5) is 5.82 Å². The van der Waals surface area contributed by atoms with E-state index in [-0.39, 0.29) is 0 Å². The molecule has 1 aromatic carbocycles. The monoisotopic (exact) mass is 281 g/mol. The van der Waals surface area contributed by atoms with Crippen molar-refractivity contribution in [2.24, 2.45) is 0 Å². The third-order valence-electron chi connectivity index (χ3n) is 4.17. The van der Waals surface area contributed by atoms with Crippen LogP contribution < -0.4 is 5.32 Å². The van der Waals surface area contributed by atoms with Gasteiger partial charge in [0.15, 0.2) is 0 Å². The zero-order valence-electron chi connectivity index (χ0n) is 12.6. The van der Waals surface area contributed by atoms with Crippen molar-refractivity contribution in [3.63, 3.8) is 0 Å². The third kappa shape index (κ3) is 3.42. The quantitative estimate of drug-likeness (QED) is 0.909. The molecule has 1 aromatic heterocycles. The average molecular weight is 281 g/mol. The maximum Gasteiger partial charge on any atom is 0.130 e. The van der Waals surface area contributed by atoms with Gasteiger partial charge in [0.1, 0.15) is 5.82 Å². The molecule has 110 valence electrons. The summed E-state index contributed by atoms with van der Waals surface area (Å²) in [5.74, 6) is 1.70. The SMILES string of the molecule is CCNc1ncccc1CN1CCC(c2ccccc2)C1. The normalized spacial score (nSPS) is 18.8. The first kappa shape index (κ1) is 14.1. The molecular formula is C18H23N3. The van der Waals surface area contributed by atoms with Gasteiger partial charge in [0.25, 0.3) is 0 Å². The van der Waals surface area contributed by atoms with Crippen LogP contribution in [0.3, 0.4) is 0 Å². The lowest BCUT2D eigenvalue weighted by molar-refractivity contribution is 0.327. The van der Waals surface area contributed by atoms with Gasteiger partial charge in [-0.25, -0.2) is 4.98 Å². The molecule has 0 spiro atoms.